The van der Waals surface area contributed by atoms with E-state index in [0.717, 1.165) is 16.9 Å². The zero-order valence-corrected chi connectivity index (χ0v) is 16.5. The van der Waals surface area contributed by atoms with E-state index in [-0.39, 0.29) is 5.91 Å². The average molecular weight is 398 g/mol. The Morgan fingerprint density at radius 2 is 1.88 bits per heavy atom. The number of carbonyl (C=O) groups is 1. The molecule has 1 atom stereocenters. The quantitative estimate of drug-likeness (QED) is 0.628. The van der Waals surface area contributed by atoms with E-state index in [4.69, 9.17) is 27.9 Å². The number of ether oxygens (including phenoxy) is 1. The third-order valence-corrected chi connectivity index (χ3v) is 5.22. The first-order valence-corrected chi connectivity index (χ1v) is 9.90. The number of amides is 1. The second-order valence-corrected chi connectivity index (χ2v) is 7.54. The number of nitrogens with one attached hydrogen (secondary N) is 1. The predicted molar refractivity (Wildman–Crippen MR) is 107 cm³/mol. The van der Waals surface area contributed by atoms with E-state index in [1.54, 1.807) is 18.7 Å². The first-order chi connectivity index (χ1) is 12.0. The zero-order valence-electron chi connectivity index (χ0n) is 14.2. The fraction of sp³-hybridized carbons (Fsp3) is 0.316. The topological polar surface area (TPSA) is 38.3 Å². The highest BCUT2D eigenvalue weighted by Crippen LogP contribution is 2.27. The lowest BCUT2D eigenvalue weighted by atomic mass is 10.2. The SMILES string of the molecule is Cc1cccc(O[C@H](C)C(=O)NCCSCc2c(Cl)cccc2Cl)c1. The van der Waals surface area contributed by atoms with Crippen LogP contribution >= 0.6 is 35.0 Å². The Labute approximate surface area is 163 Å². The molecule has 3 nitrogen and oxygen atoms in total. The lowest BCUT2D eigenvalue weighted by molar-refractivity contribution is -0.127. The molecule has 0 aliphatic heterocycles. The Balaban J connectivity index is 1.69. The number of hydrogen-bond donors (Lipinski definition) is 1. The molecule has 25 heavy (non-hydrogen) atoms. The van der Waals surface area contributed by atoms with E-state index in [0.29, 0.717) is 28.1 Å². The van der Waals surface area contributed by atoms with Crippen LogP contribution in [0.25, 0.3) is 0 Å². The standard InChI is InChI=1S/C19H21Cl2NO2S/c1-13-5-3-6-15(11-13)24-14(2)19(23)22-9-10-25-12-16-17(20)7-4-8-18(16)21/h3-8,11,14H,9-10,12H2,1-2H3,(H,22,23)/t14-/m1/s1. The van der Waals surface area contributed by atoms with Gasteiger partial charge in [0.1, 0.15) is 5.75 Å². The molecule has 0 bridgehead atoms. The summed E-state index contributed by atoms with van der Waals surface area (Å²) in [4.78, 5) is 12.1. The molecule has 0 spiro atoms. The molecule has 2 aromatic rings. The van der Waals surface area contributed by atoms with Gasteiger partial charge >= 0.3 is 0 Å². The van der Waals surface area contributed by atoms with E-state index >= 15 is 0 Å². The third-order valence-electron chi connectivity index (χ3n) is 3.53. The lowest BCUT2D eigenvalue weighted by Crippen LogP contribution is -2.37. The molecule has 1 N–H and O–H groups in total. The van der Waals surface area contributed by atoms with Gasteiger partial charge in [-0.1, -0.05) is 41.4 Å². The maximum Gasteiger partial charge on any atom is 0.260 e. The summed E-state index contributed by atoms with van der Waals surface area (Å²) in [5.41, 5.74) is 2.03. The summed E-state index contributed by atoms with van der Waals surface area (Å²) in [6.45, 7) is 4.29. The minimum absolute atomic E-state index is 0.127. The lowest BCUT2D eigenvalue weighted by Gasteiger charge is -2.15. The van der Waals surface area contributed by atoms with Gasteiger partial charge in [0.25, 0.3) is 5.91 Å². The van der Waals surface area contributed by atoms with E-state index in [1.165, 1.54) is 0 Å². The highest BCUT2D eigenvalue weighted by atomic mass is 35.5. The Hall–Kier alpha value is -1.36. The van der Waals surface area contributed by atoms with Crippen molar-refractivity contribution in [3.05, 3.63) is 63.6 Å². The molecule has 1 amide bonds. The van der Waals surface area contributed by atoms with Crippen molar-refractivity contribution in [2.45, 2.75) is 25.7 Å². The van der Waals surface area contributed by atoms with Gasteiger partial charge in [-0.25, -0.2) is 0 Å². The number of carbonyl (C=O) groups excluding carboxylic acids is 1. The number of rotatable bonds is 8. The first-order valence-electron chi connectivity index (χ1n) is 7.99. The summed E-state index contributed by atoms with van der Waals surface area (Å²) in [5.74, 6) is 2.05. The summed E-state index contributed by atoms with van der Waals surface area (Å²) in [6, 6.07) is 13.1. The van der Waals surface area contributed by atoms with Crippen LogP contribution in [0.2, 0.25) is 10.0 Å². The van der Waals surface area contributed by atoms with Crippen LogP contribution < -0.4 is 10.1 Å². The monoisotopic (exact) mass is 397 g/mol. The van der Waals surface area contributed by atoms with Crippen LogP contribution in [0, 0.1) is 6.92 Å². The van der Waals surface area contributed by atoms with Crippen LogP contribution in [-0.4, -0.2) is 24.3 Å². The Bertz CT molecular complexity index is 704. The molecule has 134 valence electrons. The molecule has 0 fully saturated rings. The number of halogens is 2. The molecular weight excluding hydrogens is 377 g/mol. The number of benzene rings is 2. The molecule has 0 aliphatic rings. The van der Waals surface area contributed by atoms with Crippen molar-refractivity contribution in [2.24, 2.45) is 0 Å². The molecule has 0 saturated heterocycles. The third kappa shape index (κ3) is 6.46. The van der Waals surface area contributed by atoms with Crippen molar-refractivity contribution in [1.29, 1.82) is 0 Å². The minimum atomic E-state index is -0.537. The van der Waals surface area contributed by atoms with Gasteiger partial charge in [0.2, 0.25) is 0 Å². The highest BCUT2D eigenvalue weighted by molar-refractivity contribution is 7.98. The van der Waals surface area contributed by atoms with Crippen LogP contribution in [-0.2, 0) is 10.5 Å². The Morgan fingerprint density at radius 3 is 2.56 bits per heavy atom. The molecule has 0 aliphatic carbocycles. The highest BCUT2D eigenvalue weighted by Gasteiger charge is 2.14. The van der Waals surface area contributed by atoms with Crippen LogP contribution in [0.4, 0.5) is 0 Å². The van der Waals surface area contributed by atoms with Crippen molar-refractivity contribution in [1.82, 2.24) is 5.32 Å². The fourth-order valence-electron chi connectivity index (χ4n) is 2.18. The normalized spacial score (nSPS) is 11.8. The molecule has 2 aromatic carbocycles. The molecule has 6 heteroatoms. The van der Waals surface area contributed by atoms with Crippen LogP contribution in [0.15, 0.2) is 42.5 Å². The smallest absolute Gasteiger partial charge is 0.260 e. The van der Waals surface area contributed by atoms with Gasteiger partial charge in [-0.3, -0.25) is 4.79 Å². The molecule has 0 heterocycles. The Morgan fingerprint density at radius 1 is 1.20 bits per heavy atom. The second-order valence-electron chi connectivity index (χ2n) is 5.62. The van der Waals surface area contributed by atoms with Crippen LogP contribution in [0.1, 0.15) is 18.1 Å². The number of aryl methyl sites for hydroxylation is 1. The van der Waals surface area contributed by atoms with Gasteiger partial charge in [0.05, 0.1) is 0 Å². The van der Waals surface area contributed by atoms with E-state index < -0.39 is 6.10 Å². The van der Waals surface area contributed by atoms with Gasteiger partial charge in [-0.2, -0.15) is 11.8 Å². The molecule has 0 saturated carbocycles. The maximum atomic E-state index is 12.1. The first kappa shape index (κ1) is 20.0. The minimum Gasteiger partial charge on any atom is -0.481 e. The van der Waals surface area contributed by atoms with Gasteiger partial charge in [-0.05, 0) is 49.2 Å². The second kappa shape index (κ2) is 9.95. The predicted octanol–water partition coefficient (Wildman–Crippen LogP) is 5.12. The summed E-state index contributed by atoms with van der Waals surface area (Å²) >= 11 is 13.9. The number of hydrogen-bond acceptors (Lipinski definition) is 3. The van der Waals surface area contributed by atoms with Crippen molar-refractivity contribution in [3.8, 4) is 5.75 Å². The fourth-order valence-corrected chi connectivity index (χ4v) is 3.78. The van der Waals surface area contributed by atoms with Crippen LogP contribution in [0.3, 0.4) is 0 Å². The molecule has 0 aromatic heterocycles. The summed E-state index contributed by atoms with van der Waals surface area (Å²) in [5, 5.41) is 4.22. The molecule has 0 unspecified atom stereocenters. The molecule has 0 radical (unpaired) electrons. The number of thioether (sulfide) groups is 1. The average Bonchev–Trinajstić information content (AvgIpc) is 2.56. The molecular formula is C19H21Cl2NO2S. The Kier molecular flexibility index (Phi) is 7.94. The summed E-state index contributed by atoms with van der Waals surface area (Å²) < 4.78 is 5.66. The van der Waals surface area contributed by atoms with Gasteiger partial charge in [0, 0.05) is 28.1 Å². The van der Waals surface area contributed by atoms with Crippen LogP contribution in [0.5, 0.6) is 5.75 Å². The van der Waals surface area contributed by atoms with Gasteiger partial charge in [-0.15, -0.1) is 0 Å². The van der Waals surface area contributed by atoms with Crippen molar-refractivity contribution in [3.63, 3.8) is 0 Å². The van der Waals surface area contributed by atoms with Gasteiger partial charge in [0.15, 0.2) is 6.10 Å². The van der Waals surface area contributed by atoms with Crippen molar-refractivity contribution < 1.29 is 9.53 Å². The summed E-state index contributed by atoms with van der Waals surface area (Å²) in [6.07, 6.45) is -0.537. The summed E-state index contributed by atoms with van der Waals surface area (Å²) in [7, 11) is 0. The van der Waals surface area contributed by atoms with Crippen molar-refractivity contribution >= 4 is 40.9 Å². The van der Waals surface area contributed by atoms with Crippen molar-refractivity contribution in [2.75, 3.05) is 12.3 Å². The van der Waals surface area contributed by atoms with E-state index in [9.17, 15) is 4.79 Å². The zero-order chi connectivity index (χ0) is 18.2. The maximum absolute atomic E-state index is 12.1. The molecule has 2 rings (SSSR count). The largest absolute Gasteiger partial charge is 0.481 e. The van der Waals surface area contributed by atoms with E-state index in [2.05, 4.69) is 5.32 Å². The van der Waals surface area contributed by atoms with E-state index in [1.807, 2.05) is 49.4 Å². The van der Waals surface area contributed by atoms with Gasteiger partial charge < -0.3 is 10.1 Å².